The molecule has 2 aliphatic rings. The van der Waals surface area contributed by atoms with Gasteiger partial charge in [0.05, 0.1) is 0 Å². The van der Waals surface area contributed by atoms with E-state index in [0.29, 0.717) is 12.6 Å². The maximum absolute atomic E-state index is 6.19. The largest absolute Gasteiger partial charge is 0.484 e. The Morgan fingerprint density at radius 2 is 2.19 bits per heavy atom. The van der Waals surface area contributed by atoms with Gasteiger partial charge in [0, 0.05) is 31.1 Å². The molecule has 0 bridgehead atoms. The van der Waals surface area contributed by atoms with Crippen molar-refractivity contribution in [2.24, 2.45) is 0 Å². The Morgan fingerprint density at radius 3 is 2.90 bits per heavy atom. The maximum atomic E-state index is 6.19. The predicted molar refractivity (Wildman–Crippen MR) is 82.1 cm³/mol. The van der Waals surface area contributed by atoms with Crippen LogP contribution in [0.1, 0.15) is 32.8 Å². The van der Waals surface area contributed by atoms with Gasteiger partial charge in [-0.2, -0.15) is 0 Å². The van der Waals surface area contributed by atoms with Crippen molar-refractivity contribution in [1.82, 2.24) is 5.32 Å². The van der Waals surface area contributed by atoms with E-state index >= 15 is 0 Å². The second kappa shape index (κ2) is 5.50. The second-order valence-electron chi connectivity index (χ2n) is 6.49. The molecule has 1 fully saturated rings. The zero-order chi connectivity index (χ0) is 15.0. The summed E-state index contributed by atoms with van der Waals surface area (Å²) in [5, 5.41) is 3.28. The Balaban J connectivity index is 1.74. The summed E-state index contributed by atoms with van der Waals surface area (Å²) in [5.74, 6) is 1.76. The molecule has 1 N–H and O–H groups in total. The fourth-order valence-corrected chi connectivity index (χ4v) is 3.24. The van der Waals surface area contributed by atoms with Crippen LogP contribution in [-0.4, -0.2) is 37.5 Å². The predicted octanol–water partition coefficient (Wildman–Crippen LogP) is 2.54. The average molecular weight is 291 g/mol. The van der Waals surface area contributed by atoms with Gasteiger partial charge >= 0.3 is 0 Å². The summed E-state index contributed by atoms with van der Waals surface area (Å²) < 4.78 is 18.1. The standard InChI is InChI=1S/C17H25NO3/c1-5-19-16-12(18-4)9-14(16)20-13-8-6-7-11-10-17(2,3)21-15(11)13/h6-8,12,14,16,18H,5,9-10H2,1-4H3. The van der Waals surface area contributed by atoms with Crippen molar-refractivity contribution < 1.29 is 14.2 Å². The lowest BCUT2D eigenvalue weighted by Gasteiger charge is -2.43. The van der Waals surface area contributed by atoms with Gasteiger partial charge in [-0.3, -0.25) is 0 Å². The lowest BCUT2D eigenvalue weighted by Crippen LogP contribution is -2.60. The summed E-state index contributed by atoms with van der Waals surface area (Å²) in [4.78, 5) is 0. The molecule has 1 aliphatic heterocycles. The quantitative estimate of drug-likeness (QED) is 0.905. The molecule has 1 aromatic rings. The van der Waals surface area contributed by atoms with Gasteiger partial charge in [0.15, 0.2) is 11.5 Å². The zero-order valence-electron chi connectivity index (χ0n) is 13.3. The van der Waals surface area contributed by atoms with Crippen molar-refractivity contribution in [3.05, 3.63) is 23.8 Å². The molecule has 1 aliphatic carbocycles. The first-order valence-corrected chi connectivity index (χ1v) is 7.80. The van der Waals surface area contributed by atoms with Crippen LogP contribution in [0.5, 0.6) is 11.5 Å². The van der Waals surface area contributed by atoms with E-state index in [1.54, 1.807) is 0 Å². The summed E-state index contributed by atoms with van der Waals surface area (Å²) >= 11 is 0. The molecule has 3 unspecified atom stereocenters. The fourth-order valence-electron chi connectivity index (χ4n) is 3.24. The Bertz CT molecular complexity index is 515. The number of rotatable bonds is 5. The topological polar surface area (TPSA) is 39.7 Å². The molecule has 0 saturated heterocycles. The normalized spacial score (nSPS) is 29.4. The number of hydrogen-bond acceptors (Lipinski definition) is 4. The van der Waals surface area contributed by atoms with Crippen LogP contribution in [0.15, 0.2) is 18.2 Å². The molecule has 3 atom stereocenters. The second-order valence-corrected chi connectivity index (χ2v) is 6.49. The zero-order valence-corrected chi connectivity index (χ0v) is 13.3. The highest BCUT2D eigenvalue weighted by Crippen LogP contribution is 2.43. The van der Waals surface area contributed by atoms with Crippen LogP contribution in [0.25, 0.3) is 0 Å². The summed E-state index contributed by atoms with van der Waals surface area (Å²) in [5.41, 5.74) is 1.09. The third-order valence-electron chi connectivity index (χ3n) is 4.31. The Hall–Kier alpha value is -1.26. The molecule has 0 amide bonds. The third kappa shape index (κ3) is 2.74. The van der Waals surface area contributed by atoms with Crippen LogP contribution >= 0.6 is 0 Å². The van der Waals surface area contributed by atoms with Crippen LogP contribution in [0.4, 0.5) is 0 Å². The van der Waals surface area contributed by atoms with Gasteiger partial charge in [-0.15, -0.1) is 0 Å². The van der Waals surface area contributed by atoms with Gasteiger partial charge in [-0.25, -0.2) is 0 Å². The molecule has 116 valence electrons. The molecule has 1 heterocycles. The first-order chi connectivity index (χ1) is 10.0. The van der Waals surface area contributed by atoms with E-state index < -0.39 is 0 Å². The van der Waals surface area contributed by atoms with E-state index in [-0.39, 0.29) is 17.8 Å². The van der Waals surface area contributed by atoms with Gasteiger partial charge in [-0.05, 0) is 33.9 Å². The highest BCUT2D eigenvalue weighted by atomic mass is 16.6. The summed E-state index contributed by atoms with van der Waals surface area (Å²) in [6.07, 6.45) is 2.11. The van der Waals surface area contributed by atoms with E-state index in [4.69, 9.17) is 14.2 Å². The van der Waals surface area contributed by atoms with E-state index in [9.17, 15) is 0 Å². The number of para-hydroxylation sites is 1. The number of likely N-dealkylation sites (N-methyl/N-ethyl adjacent to an activating group) is 1. The van der Waals surface area contributed by atoms with E-state index in [0.717, 1.165) is 24.3 Å². The van der Waals surface area contributed by atoms with Crippen molar-refractivity contribution in [1.29, 1.82) is 0 Å². The van der Waals surface area contributed by atoms with Gasteiger partial charge in [0.25, 0.3) is 0 Å². The minimum atomic E-state index is -0.145. The SMILES string of the molecule is CCOC1C(NC)CC1Oc1cccc2c1OC(C)(C)C2. The molecule has 4 nitrogen and oxygen atoms in total. The van der Waals surface area contributed by atoms with Crippen LogP contribution in [0, 0.1) is 0 Å². The van der Waals surface area contributed by atoms with Crippen molar-refractivity contribution in [2.75, 3.05) is 13.7 Å². The van der Waals surface area contributed by atoms with Gasteiger partial charge < -0.3 is 19.5 Å². The molecule has 0 aromatic heterocycles. The lowest BCUT2D eigenvalue weighted by atomic mass is 9.85. The monoisotopic (exact) mass is 291 g/mol. The van der Waals surface area contributed by atoms with Crippen molar-refractivity contribution >= 4 is 0 Å². The lowest BCUT2D eigenvalue weighted by molar-refractivity contribution is -0.103. The van der Waals surface area contributed by atoms with Gasteiger partial charge in [0.1, 0.15) is 17.8 Å². The van der Waals surface area contributed by atoms with E-state index in [1.165, 1.54) is 5.56 Å². The van der Waals surface area contributed by atoms with Crippen LogP contribution < -0.4 is 14.8 Å². The highest BCUT2D eigenvalue weighted by Gasteiger charge is 2.43. The molecule has 0 spiro atoms. The maximum Gasteiger partial charge on any atom is 0.165 e. The fraction of sp³-hybridized carbons (Fsp3) is 0.647. The highest BCUT2D eigenvalue weighted by molar-refractivity contribution is 5.50. The summed E-state index contributed by atoms with van der Waals surface area (Å²) in [7, 11) is 1.97. The Kier molecular flexibility index (Phi) is 3.84. The summed E-state index contributed by atoms with van der Waals surface area (Å²) in [6, 6.07) is 6.54. The Labute approximate surface area is 126 Å². The molecular formula is C17H25NO3. The number of hydrogen-bond donors (Lipinski definition) is 1. The van der Waals surface area contributed by atoms with Gasteiger partial charge in [0.2, 0.25) is 0 Å². The minimum absolute atomic E-state index is 0.0983. The number of benzene rings is 1. The average Bonchev–Trinajstić information content (AvgIpc) is 2.75. The molecule has 0 radical (unpaired) electrons. The van der Waals surface area contributed by atoms with Crippen molar-refractivity contribution in [3.8, 4) is 11.5 Å². The number of fused-ring (bicyclic) bond motifs is 1. The van der Waals surface area contributed by atoms with Crippen LogP contribution in [-0.2, 0) is 11.2 Å². The molecule has 21 heavy (non-hydrogen) atoms. The Morgan fingerprint density at radius 1 is 1.38 bits per heavy atom. The molecular weight excluding hydrogens is 266 g/mol. The van der Waals surface area contributed by atoms with Gasteiger partial charge in [-0.1, -0.05) is 12.1 Å². The molecule has 4 heteroatoms. The molecule has 1 aromatic carbocycles. The first kappa shape index (κ1) is 14.7. The third-order valence-corrected chi connectivity index (χ3v) is 4.31. The van der Waals surface area contributed by atoms with E-state index in [2.05, 4.69) is 25.2 Å². The van der Waals surface area contributed by atoms with Crippen molar-refractivity contribution in [3.63, 3.8) is 0 Å². The smallest absolute Gasteiger partial charge is 0.165 e. The van der Waals surface area contributed by atoms with Crippen LogP contribution in [0.2, 0.25) is 0 Å². The number of ether oxygens (including phenoxy) is 3. The van der Waals surface area contributed by atoms with Crippen LogP contribution in [0.3, 0.4) is 0 Å². The van der Waals surface area contributed by atoms with Crippen molar-refractivity contribution in [2.45, 2.75) is 57.5 Å². The first-order valence-electron chi connectivity index (χ1n) is 7.80. The molecule has 3 rings (SSSR count). The van der Waals surface area contributed by atoms with E-state index in [1.807, 2.05) is 26.1 Å². The minimum Gasteiger partial charge on any atom is -0.484 e. The molecule has 1 saturated carbocycles. The number of nitrogens with one attached hydrogen (secondary N) is 1. The summed E-state index contributed by atoms with van der Waals surface area (Å²) in [6.45, 7) is 6.95.